The number of halogens is 2. The second-order valence-corrected chi connectivity index (χ2v) is 9.67. The van der Waals surface area contributed by atoms with E-state index in [2.05, 4.69) is 35.2 Å². The van der Waals surface area contributed by atoms with E-state index in [-0.39, 0.29) is 23.8 Å². The monoisotopic (exact) mass is 487 g/mol. The van der Waals surface area contributed by atoms with Gasteiger partial charge < -0.3 is 14.5 Å². The lowest BCUT2D eigenvalue weighted by Crippen LogP contribution is -2.37. The van der Waals surface area contributed by atoms with Crippen LogP contribution in [0.5, 0.6) is 0 Å². The molecule has 2 heterocycles. The number of aliphatic imine (C=N–C) groups is 1. The van der Waals surface area contributed by atoms with Crippen molar-refractivity contribution >= 4 is 12.6 Å². The molecule has 1 aromatic carbocycles. The molecule has 0 saturated heterocycles. The number of ether oxygens (including phenoxy) is 1. The molecule has 4 rings (SSSR count). The molecule has 0 saturated carbocycles. The number of nitrogens with zero attached hydrogens (tertiary/aromatic N) is 2. The Morgan fingerprint density at radius 1 is 1.31 bits per heavy atom. The van der Waals surface area contributed by atoms with Gasteiger partial charge in [0.25, 0.3) is 6.43 Å². The van der Waals surface area contributed by atoms with Crippen LogP contribution in [-0.2, 0) is 29.0 Å². The van der Waals surface area contributed by atoms with E-state index in [9.17, 15) is 13.6 Å². The largest absolute Gasteiger partial charge is 0.493 e. The molecular weight excluding hydrogens is 452 g/mol. The normalized spacial score (nSPS) is 19.8. The van der Waals surface area contributed by atoms with E-state index in [1.807, 2.05) is 34.6 Å². The van der Waals surface area contributed by atoms with Crippen LogP contribution >= 0.6 is 0 Å². The number of carbonyl (C=O) groups excluding carboxylic acids is 1. The van der Waals surface area contributed by atoms with E-state index in [1.54, 1.807) is 0 Å². The Hall–Kier alpha value is -3.03. The van der Waals surface area contributed by atoms with Crippen LogP contribution < -0.4 is 5.32 Å². The first-order chi connectivity index (χ1) is 16.7. The topological polar surface area (TPSA) is 76.7 Å². The predicted octanol–water partition coefficient (Wildman–Crippen LogP) is 6.25. The number of benzene rings is 1. The molecular formula is C27H35F2N3O3. The predicted molar refractivity (Wildman–Crippen MR) is 132 cm³/mol. The van der Waals surface area contributed by atoms with Crippen molar-refractivity contribution in [3.05, 3.63) is 64.2 Å². The summed E-state index contributed by atoms with van der Waals surface area (Å²) < 4.78 is 37.7. The van der Waals surface area contributed by atoms with Gasteiger partial charge in [-0.2, -0.15) is 0 Å². The summed E-state index contributed by atoms with van der Waals surface area (Å²) in [5, 5.41) is 3.08. The summed E-state index contributed by atoms with van der Waals surface area (Å²) in [6.07, 6.45) is 0.923. The molecule has 190 valence electrons. The molecule has 2 aromatic rings. The fourth-order valence-corrected chi connectivity index (χ4v) is 4.46. The molecule has 2 aliphatic rings. The van der Waals surface area contributed by atoms with Crippen LogP contribution in [0.2, 0.25) is 0 Å². The number of aromatic nitrogens is 1. The Kier molecular flexibility index (Phi) is 8.46. The van der Waals surface area contributed by atoms with Crippen molar-refractivity contribution in [2.75, 3.05) is 0 Å². The summed E-state index contributed by atoms with van der Waals surface area (Å²) in [5.74, 6) is 0.969. The van der Waals surface area contributed by atoms with E-state index < -0.39 is 18.2 Å². The number of rotatable bonds is 5. The summed E-state index contributed by atoms with van der Waals surface area (Å²) in [5.41, 5.74) is 3.15. The number of alkyl halides is 2. The van der Waals surface area contributed by atoms with E-state index in [1.165, 1.54) is 11.1 Å². The quantitative estimate of drug-likeness (QED) is 0.399. The highest BCUT2D eigenvalue weighted by Crippen LogP contribution is 2.43. The molecule has 0 spiro atoms. The van der Waals surface area contributed by atoms with E-state index in [0.717, 1.165) is 24.7 Å². The average molecular weight is 488 g/mol. The lowest BCUT2D eigenvalue weighted by molar-refractivity contribution is -0.122. The van der Waals surface area contributed by atoms with Crippen LogP contribution in [0.3, 0.4) is 0 Å². The van der Waals surface area contributed by atoms with Crippen LogP contribution in [0.15, 0.2) is 39.6 Å². The van der Waals surface area contributed by atoms with Gasteiger partial charge in [-0.3, -0.25) is 9.79 Å². The van der Waals surface area contributed by atoms with Crippen molar-refractivity contribution in [3.8, 4) is 0 Å². The highest BCUT2D eigenvalue weighted by Gasteiger charge is 2.36. The maximum absolute atomic E-state index is 13.0. The fourth-order valence-electron chi connectivity index (χ4n) is 4.46. The van der Waals surface area contributed by atoms with Gasteiger partial charge in [0.15, 0.2) is 0 Å². The summed E-state index contributed by atoms with van der Waals surface area (Å²) in [6, 6.07) is 5.90. The summed E-state index contributed by atoms with van der Waals surface area (Å²) in [4.78, 5) is 20.7. The number of fused-ring (bicyclic) bond motifs is 4. The van der Waals surface area contributed by atoms with Crippen molar-refractivity contribution < 1.29 is 22.7 Å². The molecule has 35 heavy (non-hydrogen) atoms. The Morgan fingerprint density at radius 3 is 2.71 bits per heavy atom. The van der Waals surface area contributed by atoms with Crippen molar-refractivity contribution in [2.45, 2.75) is 85.3 Å². The van der Waals surface area contributed by atoms with Crippen LogP contribution in [0.1, 0.15) is 93.5 Å². The second kappa shape index (κ2) is 11.1. The van der Waals surface area contributed by atoms with Crippen molar-refractivity contribution in [3.63, 3.8) is 0 Å². The van der Waals surface area contributed by atoms with Gasteiger partial charge in [0.05, 0.1) is 0 Å². The highest BCUT2D eigenvalue weighted by atomic mass is 19.3. The van der Waals surface area contributed by atoms with Gasteiger partial charge in [-0.1, -0.05) is 52.8 Å². The molecule has 6 nitrogen and oxygen atoms in total. The third-order valence-corrected chi connectivity index (χ3v) is 6.24. The minimum absolute atomic E-state index is 0.00776. The number of hydrogen-bond acceptors (Lipinski definition) is 5. The fraction of sp³-hybridized carbons (Fsp3) is 0.519. The minimum Gasteiger partial charge on any atom is -0.493 e. The highest BCUT2D eigenvalue weighted by molar-refractivity contribution is 5.76. The number of amides is 1. The molecule has 4 bridgehead atoms. The molecule has 2 atom stereocenters. The Balaban J connectivity index is 0.00000167. The van der Waals surface area contributed by atoms with Crippen molar-refractivity contribution in [1.29, 1.82) is 0 Å². The van der Waals surface area contributed by atoms with Gasteiger partial charge in [0.2, 0.25) is 11.8 Å². The van der Waals surface area contributed by atoms with Crippen LogP contribution in [0.25, 0.3) is 0 Å². The molecule has 0 fully saturated rings. The number of nitrogens with one attached hydrogen (secondary N) is 1. The second-order valence-electron chi connectivity index (χ2n) is 9.67. The van der Waals surface area contributed by atoms with Crippen molar-refractivity contribution in [2.24, 2.45) is 10.4 Å². The van der Waals surface area contributed by atoms with E-state index in [4.69, 9.17) is 14.1 Å². The summed E-state index contributed by atoms with van der Waals surface area (Å²) in [7, 11) is 0. The van der Waals surface area contributed by atoms with Gasteiger partial charge in [0, 0.05) is 12.3 Å². The molecule has 1 N–H and O–H groups in total. The van der Waals surface area contributed by atoms with E-state index >= 15 is 0 Å². The third-order valence-electron chi connectivity index (χ3n) is 6.24. The minimum atomic E-state index is -2.78. The van der Waals surface area contributed by atoms with Gasteiger partial charge in [-0.05, 0) is 48.1 Å². The molecule has 1 aliphatic heterocycles. The van der Waals surface area contributed by atoms with Crippen LogP contribution in [0.4, 0.5) is 8.78 Å². The Labute approximate surface area is 205 Å². The van der Waals surface area contributed by atoms with Gasteiger partial charge >= 0.3 is 0 Å². The number of hydrogen-bond donors (Lipinski definition) is 1. The summed E-state index contributed by atoms with van der Waals surface area (Å²) >= 11 is 0. The number of carbonyl (C=O) groups is 1. The molecule has 1 aromatic heterocycles. The van der Waals surface area contributed by atoms with Crippen LogP contribution in [-0.4, -0.2) is 24.0 Å². The first-order valence-electron chi connectivity index (χ1n) is 12.1. The Morgan fingerprint density at radius 2 is 2.06 bits per heavy atom. The summed E-state index contributed by atoms with van der Waals surface area (Å²) in [6.45, 7) is 13.1. The maximum atomic E-state index is 13.0. The first-order valence-corrected chi connectivity index (χ1v) is 12.1. The number of oxazole rings is 1. The van der Waals surface area contributed by atoms with Gasteiger partial charge in [-0.15, -0.1) is 0 Å². The Bertz CT molecular complexity index is 1090. The molecule has 1 amide bonds. The molecule has 8 heteroatoms. The number of allylic oxidation sites excluding steroid dienone is 1. The average Bonchev–Trinajstić information content (AvgIpc) is 3.42. The number of aryl methyl sites for hydroxylation is 2. The molecule has 0 radical (unpaired) electrons. The van der Waals surface area contributed by atoms with Gasteiger partial charge in [0.1, 0.15) is 36.1 Å². The zero-order chi connectivity index (χ0) is 25.8. The lowest BCUT2D eigenvalue weighted by Gasteiger charge is -2.29. The molecule has 1 aliphatic carbocycles. The van der Waals surface area contributed by atoms with Crippen LogP contribution in [0, 0.1) is 5.41 Å². The van der Waals surface area contributed by atoms with E-state index in [0.29, 0.717) is 30.2 Å². The lowest BCUT2D eigenvalue weighted by atomic mass is 9.86. The van der Waals surface area contributed by atoms with Gasteiger partial charge in [-0.25, -0.2) is 13.8 Å². The zero-order valence-electron chi connectivity index (χ0n) is 21.2. The SMILES string of the molecule is C=N/C(=C\OCc1nc2oc1[C@H]1CCc3ccc(cc31)CCC(=O)N[C@H]2C(C)(C)C)C(F)F.CC. The smallest absolute Gasteiger partial charge is 0.283 e. The first kappa shape index (κ1) is 26.6. The van der Waals surface area contributed by atoms with Crippen molar-refractivity contribution in [1.82, 2.24) is 10.3 Å². The maximum Gasteiger partial charge on any atom is 0.283 e. The zero-order valence-corrected chi connectivity index (χ0v) is 21.2. The molecule has 0 unspecified atom stereocenters. The standard InChI is InChI=1S/C25H29F2N3O3.C2H6/c1-25(2,3)22-24-29-18(12-32-13-19(28-4)23(26)27)21(33-24)16-9-8-15-7-5-14(11-17(15)16)6-10-20(31)30-22;1-2/h5,7,11,13,16,22-23H,4,6,8-10,12H2,1-3H3,(H,30,31);1-2H3/b19-13-;/t16-,22+;/m0./s1. The third kappa shape index (κ3) is 5.97.